The third-order valence-electron chi connectivity index (χ3n) is 2.86. The normalized spacial score (nSPS) is 11.7. The zero-order chi connectivity index (χ0) is 14.8. The number of hydrogen-bond donors (Lipinski definition) is 2. The lowest BCUT2D eigenvalue weighted by Crippen LogP contribution is -2.41. The molecule has 1 aromatic carbocycles. The minimum Gasteiger partial charge on any atom is -0.464 e. The van der Waals surface area contributed by atoms with Crippen LogP contribution < -0.4 is 11.1 Å². The fraction of sp³-hybridized carbons (Fsp3) is 0.467. The van der Waals surface area contributed by atoms with Gasteiger partial charge in [-0.05, 0) is 44.9 Å². The number of hydrogen-bond acceptors (Lipinski definition) is 4. The van der Waals surface area contributed by atoms with Crippen molar-refractivity contribution >= 4 is 11.9 Å². The minimum absolute atomic E-state index is 0.267. The Bertz CT molecular complexity index is 420. The largest absolute Gasteiger partial charge is 0.464 e. The molecule has 1 rings (SSSR count). The van der Waals surface area contributed by atoms with E-state index in [1.54, 1.807) is 31.2 Å². The lowest BCUT2D eigenvalue weighted by atomic mass is 10.1. The first kappa shape index (κ1) is 16.2. The van der Waals surface area contributed by atoms with E-state index in [-0.39, 0.29) is 5.91 Å². The van der Waals surface area contributed by atoms with Crippen molar-refractivity contribution in [2.24, 2.45) is 5.73 Å². The Morgan fingerprint density at radius 3 is 2.55 bits per heavy atom. The van der Waals surface area contributed by atoms with Crippen molar-refractivity contribution in [2.45, 2.75) is 32.2 Å². The van der Waals surface area contributed by atoms with Gasteiger partial charge < -0.3 is 15.8 Å². The van der Waals surface area contributed by atoms with E-state index < -0.39 is 12.0 Å². The van der Waals surface area contributed by atoms with Gasteiger partial charge in [-0.3, -0.25) is 4.79 Å². The predicted octanol–water partition coefficient (Wildman–Crippen LogP) is 1.48. The summed E-state index contributed by atoms with van der Waals surface area (Å²) in [6.45, 7) is 2.61. The standard InChI is InChI=1S/C15H22N2O3/c1-2-20-15(19)13(10-6-7-11-16)17-14(18)12-8-4-3-5-9-12/h3-5,8-9,13H,2,6-7,10-11,16H2,1H3,(H,17,18). The van der Waals surface area contributed by atoms with Gasteiger partial charge in [0.05, 0.1) is 6.61 Å². The fourth-order valence-corrected chi connectivity index (χ4v) is 1.82. The highest BCUT2D eigenvalue weighted by Crippen LogP contribution is 2.05. The summed E-state index contributed by atoms with van der Waals surface area (Å²) in [5.41, 5.74) is 5.97. The van der Waals surface area contributed by atoms with Gasteiger partial charge in [0.15, 0.2) is 0 Å². The van der Waals surface area contributed by atoms with E-state index in [4.69, 9.17) is 10.5 Å². The van der Waals surface area contributed by atoms with Gasteiger partial charge in [0.1, 0.15) is 6.04 Å². The first-order valence-corrected chi connectivity index (χ1v) is 6.91. The minimum atomic E-state index is -0.616. The molecule has 1 unspecified atom stereocenters. The van der Waals surface area contributed by atoms with E-state index in [1.165, 1.54) is 0 Å². The molecule has 5 heteroatoms. The number of rotatable bonds is 8. The van der Waals surface area contributed by atoms with Gasteiger partial charge in [-0.15, -0.1) is 0 Å². The van der Waals surface area contributed by atoms with Gasteiger partial charge in [-0.2, -0.15) is 0 Å². The number of ether oxygens (including phenoxy) is 1. The van der Waals surface area contributed by atoms with Gasteiger partial charge in [-0.1, -0.05) is 18.2 Å². The summed E-state index contributed by atoms with van der Waals surface area (Å²) in [7, 11) is 0. The molecule has 0 radical (unpaired) electrons. The maximum Gasteiger partial charge on any atom is 0.328 e. The first-order valence-electron chi connectivity index (χ1n) is 6.91. The molecule has 20 heavy (non-hydrogen) atoms. The summed E-state index contributed by atoms with van der Waals surface area (Å²) in [5, 5.41) is 2.72. The second-order valence-electron chi connectivity index (χ2n) is 4.43. The van der Waals surface area contributed by atoms with E-state index in [9.17, 15) is 9.59 Å². The maximum absolute atomic E-state index is 12.1. The van der Waals surface area contributed by atoms with Crippen molar-refractivity contribution in [1.82, 2.24) is 5.32 Å². The van der Waals surface area contributed by atoms with Gasteiger partial charge in [0, 0.05) is 5.56 Å². The van der Waals surface area contributed by atoms with Crippen molar-refractivity contribution in [3.63, 3.8) is 0 Å². The fourth-order valence-electron chi connectivity index (χ4n) is 1.82. The molecule has 0 heterocycles. The topological polar surface area (TPSA) is 81.4 Å². The van der Waals surface area contributed by atoms with Crippen LogP contribution in [-0.2, 0) is 9.53 Å². The molecule has 1 aromatic rings. The molecule has 0 saturated heterocycles. The van der Waals surface area contributed by atoms with Crippen molar-refractivity contribution in [2.75, 3.05) is 13.2 Å². The van der Waals surface area contributed by atoms with Crippen LogP contribution in [0.1, 0.15) is 36.5 Å². The molecule has 0 aliphatic carbocycles. The molecule has 0 fully saturated rings. The van der Waals surface area contributed by atoms with Crippen LogP contribution >= 0.6 is 0 Å². The lowest BCUT2D eigenvalue weighted by Gasteiger charge is -2.17. The monoisotopic (exact) mass is 278 g/mol. The van der Waals surface area contributed by atoms with Crippen LogP contribution in [0.3, 0.4) is 0 Å². The molecule has 0 saturated carbocycles. The summed E-state index contributed by atoms with van der Waals surface area (Å²) in [5.74, 6) is -0.662. The Hall–Kier alpha value is -1.88. The van der Waals surface area contributed by atoms with E-state index in [0.717, 1.165) is 12.8 Å². The molecule has 0 aliphatic rings. The summed E-state index contributed by atoms with van der Waals surface area (Å²) in [6, 6.07) is 8.19. The second-order valence-corrected chi connectivity index (χ2v) is 4.43. The van der Waals surface area contributed by atoms with Crippen molar-refractivity contribution < 1.29 is 14.3 Å². The van der Waals surface area contributed by atoms with Crippen LogP contribution in [0.25, 0.3) is 0 Å². The Morgan fingerprint density at radius 1 is 1.25 bits per heavy atom. The zero-order valence-corrected chi connectivity index (χ0v) is 11.8. The number of unbranched alkanes of at least 4 members (excludes halogenated alkanes) is 1. The van der Waals surface area contributed by atoms with Crippen molar-refractivity contribution in [3.05, 3.63) is 35.9 Å². The van der Waals surface area contributed by atoms with Gasteiger partial charge in [-0.25, -0.2) is 4.79 Å². The highest BCUT2D eigenvalue weighted by Gasteiger charge is 2.21. The third-order valence-corrected chi connectivity index (χ3v) is 2.86. The smallest absolute Gasteiger partial charge is 0.328 e. The molecule has 0 aliphatic heterocycles. The lowest BCUT2D eigenvalue weighted by molar-refractivity contribution is -0.145. The number of nitrogens with one attached hydrogen (secondary N) is 1. The zero-order valence-electron chi connectivity index (χ0n) is 11.8. The highest BCUT2D eigenvalue weighted by atomic mass is 16.5. The van der Waals surface area contributed by atoms with Gasteiger partial charge in [0.2, 0.25) is 0 Å². The van der Waals surface area contributed by atoms with Crippen LogP contribution in [0.2, 0.25) is 0 Å². The third kappa shape index (κ3) is 5.40. The van der Waals surface area contributed by atoms with Gasteiger partial charge in [0.25, 0.3) is 5.91 Å². The maximum atomic E-state index is 12.1. The van der Waals surface area contributed by atoms with E-state index >= 15 is 0 Å². The molecular formula is C15H22N2O3. The van der Waals surface area contributed by atoms with E-state index in [1.807, 2.05) is 6.07 Å². The molecule has 110 valence electrons. The average Bonchev–Trinajstić information content (AvgIpc) is 2.47. The number of benzene rings is 1. The van der Waals surface area contributed by atoms with Crippen LogP contribution in [0.5, 0.6) is 0 Å². The summed E-state index contributed by atoms with van der Waals surface area (Å²) >= 11 is 0. The molecule has 1 atom stereocenters. The van der Waals surface area contributed by atoms with Crippen LogP contribution in [0.4, 0.5) is 0 Å². The summed E-state index contributed by atoms with van der Waals surface area (Å²) in [4.78, 5) is 23.9. The molecule has 0 aromatic heterocycles. The van der Waals surface area contributed by atoms with Crippen molar-refractivity contribution in [3.8, 4) is 0 Å². The van der Waals surface area contributed by atoms with E-state index in [0.29, 0.717) is 25.1 Å². The Balaban J connectivity index is 2.63. The van der Waals surface area contributed by atoms with Crippen LogP contribution in [-0.4, -0.2) is 31.1 Å². The van der Waals surface area contributed by atoms with Crippen molar-refractivity contribution in [1.29, 1.82) is 0 Å². The second kappa shape index (κ2) is 9.09. The van der Waals surface area contributed by atoms with Crippen LogP contribution in [0.15, 0.2) is 30.3 Å². The molecule has 3 N–H and O–H groups in total. The highest BCUT2D eigenvalue weighted by molar-refractivity contribution is 5.96. The molecule has 5 nitrogen and oxygen atoms in total. The first-order chi connectivity index (χ1) is 9.69. The van der Waals surface area contributed by atoms with Gasteiger partial charge >= 0.3 is 5.97 Å². The quantitative estimate of drug-likeness (QED) is 0.557. The number of amides is 1. The number of carbonyl (C=O) groups excluding carboxylic acids is 2. The molecule has 0 spiro atoms. The molecule has 1 amide bonds. The van der Waals surface area contributed by atoms with Crippen LogP contribution in [0, 0.1) is 0 Å². The SMILES string of the molecule is CCOC(=O)C(CCCCN)NC(=O)c1ccccc1. The predicted molar refractivity (Wildman–Crippen MR) is 77.2 cm³/mol. The number of esters is 1. The number of nitrogens with two attached hydrogens (primary N) is 1. The average molecular weight is 278 g/mol. The Labute approximate surface area is 119 Å². The summed E-state index contributed by atoms with van der Waals surface area (Å²) < 4.78 is 4.99. The number of carbonyl (C=O) groups is 2. The summed E-state index contributed by atoms with van der Waals surface area (Å²) in [6.07, 6.45) is 2.13. The molecule has 0 bridgehead atoms. The molecular weight excluding hydrogens is 256 g/mol. The van der Waals surface area contributed by atoms with E-state index in [2.05, 4.69) is 5.32 Å². The Kier molecular flexibility index (Phi) is 7.35. The Morgan fingerprint density at radius 2 is 1.95 bits per heavy atom.